The number of halogens is 1. The summed E-state index contributed by atoms with van der Waals surface area (Å²) >= 11 is 6.73. The minimum absolute atomic E-state index is 0.302. The minimum atomic E-state index is -0.302. The van der Waals surface area contributed by atoms with E-state index in [2.05, 4.69) is 22.2 Å². The van der Waals surface area contributed by atoms with Crippen molar-refractivity contribution in [3.8, 4) is 28.6 Å². The monoisotopic (exact) mass is 532 g/mol. The second kappa shape index (κ2) is 11.4. The maximum atomic E-state index is 11.9. The topological polar surface area (TPSA) is 94.6 Å². The quantitative estimate of drug-likeness (QED) is 0.227. The van der Waals surface area contributed by atoms with Gasteiger partial charge in [-0.3, -0.25) is 4.79 Å². The van der Waals surface area contributed by atoms with Gasteiger partial charge in [0.05, 0.1) is 42.9 Å². The number of amides is 1. The van der Waals surface area contributed by atoms with Gasteiger partial charge < -0.3 is 24.8 Å². The first-order valence-electron chi connectivity index (χ1n) is 12.0. The Hall–Kier alpha value is -4.30. The fraction of sp³-hybridized carbons (Fsp3) is 0.207. The van der Waals surface area contributed by atoms with Crippen molar-refractivity contribution in [2.24, 2.45) is 0 Å². The lowest BCUT2D eigenvalue weighted by atomic mass is 10.0. The van der Waals surface area contributed by atoms with Crippen molar-refractivity contribution >= 4 is 45.5 Å². The summed E-state index contributed by atoms with van der Waals surface area (Å²) in [6.07, 6.45) is 2.97. The van der Waals surface area contributed by atoms with E-state index < -0.39 is 0 Å². The molecule has 8 nitrogen and oxygen atoms in total. The van der Waals surface area contributed by atoms with Gasteiger partial charge in [0.25, 0.3) is 0 Å². The number of para-hydroxylation sites is 1. The summed E-state index contributed by atoms with van der Waals surface area (Å²) in [7, 11) is 3.15. The molecule has 2 N–H and O–H groups in total. The van der Waals surface area contributed by atoms with E-state index in [9.17, 15) is 4.79 Å². The van der Waals surface area contributed by atoms with E-state index in [4.69, 9.17) is 30.8 Å². The summed E-state index contributed by atoms with van der Waals surface area (Å²) in [5, 5.41) is 8.16. The van der Waals surface area contributed by atoms with Crippen LogP contribution in [0.1, 0.15) is 18.1 Å². The average Bonchev–Trinajstić information content (AvgIpc) is 2.91. The SMILES string of the molecule is C=CC(=O)Nc1cccc(C)c1Nc1cc2c(OCC)nc(-c3c(C)c(OC)cc(OC)c3Cl)cc2cn1. The molecule has 4 rings (SSSR count). The van der Waals surface area contributed by atoms with Crippen molar-refractivity contribution in [3.05, 3.63) is 71.4 Å². The number of benzene rings is 2. The maximum absolute atomic E-state index is 11.9. The molecule has 0 aliphatic carbocycles. The molecule has 38 heavy (non-hydrogen) atoms. The Bertz CT molecular complexity index is 1510. The molecule has 0 fully saturated rings. The average molecular weight is 533 g/mol. The summed E-state index contributed by atoms with van der Waals surface area (Å²) in [5.74, 6) is 1.82. The van der Waals surface area contributed by atoms with Gasteiger partial charge in [-0.15, -0.1) is 0 Å². The highest BCUT2D eigenvalue weighted by Crippen LogP contribution is 2.43. The van der Waals surface area contributed by atoms with Crippen LogP contribution in [0.4, 0.5) is 17.2 Å². The molecule has 1 amide bonds. The molecule has 2 aromatic heterocycles. The highest BCUT2D eigenvalue weighted by Gasteiger charge is 2.20. The number of rotatable bonds is 9. The number of pyridine rings is 2. The number of methoxy groups -OCH3 is 2. The zero-order valence-electron chi connectivity index (χ0n) is 21.9. The molecule has 0 radical (unpaired) electrons. The van der Waals surface area contributed by atoms with E-state index in [1.807, 2.05) is 51.1 Å². The number of aromatic nitrogens is 2. The Labute approximate surface area is 226 Å². The molecule has 2 aromatic carbocycles. The van der Waals surface area contributed by atoms with Gasteiger partial charge in [-0.1, -0.05) is 30.3 Å². The minimum Gasteiger partial charge on any atom is -0.496 e. The first-order valence-corrected chi connectivity index (χ1v) is 12.3. The van der Waals surface area contributed by atoms with Crippen LogP contribution in [0.2, 0.25) is 5.02 Å². The number of hydrogen-bond donors (Lipinski definition) is 2. The second-order valence-corrected chi connectivity index (χ2v) is 8.83. The number of carbonyl (C=O) groups excluding carboxylic acids is 1. The fourth-order valence-electron chi connectivity index (χ4n) is 4.18. The van der Waals surface area contributed by atoms with Crippen molar-refractivity contribution in [3.63, 3.8) is 0 Å². The largest absolute Gasteiger partial charge is 0.496 e. The van der Waals surface area contributed by atoms with Crippen molar-refractivity contribution in [2.75, 3.05) is 31.5 Å². The van der Waals surface area contributed by atoms with E-state index in [0.29, 0.717) is 51.8 Å². The number of hydrogen-bond acceptors (Lipinski definition) is 7. The molecule has 196 valence electrons. The highest BCUT2D eigenvalue weighted by molar-refractivity contribution is 6.35. The molecule has 0 spiro atoms. The Balaban J connectivity index is 1.83. The molecule has 0 saturated carbocycles. The van der Waals surface area contributed by atoms with Crippen LogP contribution in [0.5, 0.6) is 17.4 Å². The van der Waals surface area contributed by atoms with Crippen LogP contribution in [0.15, 0.2) is 55.3 Å². The molecule has 0 bridgehead atoms. The first kappa shape index (κ1) is 26.8. The number of aryl methyl sites for hydroxylation is 1. The number of ether oxygens (including phenoxy) is 3. The predicted octanol–water partition coefficient (Wildman–Crippen LogP) is 6.85. The lowest BCUT2D eigenvalue weighted by Crippen LogP contribution is -2.10. The van der Waals surface area contributed by atoms with Gasteiger partial charge >= 0.3 is 0 Å². The maximum Gasteiger partial charge on any atom is 0.247 e. The number of fused-ring (bicyclic) bond motifs is 1. The summed E-state index contributed by atoms with van der Waals surface area (Å²) in [6.45, 7) is 9.70. The lowest BCUT2D eigenvalue weighted by molar-refractivity contribution is -0.111. The van der Waals surface area contributed by atoms with Crippen molar-refractivity contribution in [2.45, 2.75) is 20.8 Å². The lowest BCUT2D eigenvalue weighted by Gasteiger charge is -2.18. The van der Waals surface area contributed by atoms with Crippen LogP contribution in [-0.2, 0) is 4.79 Å². The molecule has 0 aliphatic rings. The van der Waals surface area contributed by atoms with Crippen LogP contribution in [0, 0.1) is 13.8 Å². The highest BCUT2D eigenvalue weighted by atomic mass is 35.5. The van der Waals surface area contributed by atoms with Crippen LogP contribution in [0.3, 0.4) is 0 Å². The molecule has 0 saturated heterocycles. The number of anilines is 3. The standard InChI is InChI=1S/C29H29ClN4O4/c1-7-25(35)32-20-11-9-10-16(3)28(20)34-24-13-19-18(15-31-24)12-21(33-29(19)38-8-2)26-17(4)22(36-5)14-23(37-6)27(26)30/h7,9-15H,1,8H2,2-6H3,(H,31,34)(H,32,35). The predicted molar refractivity (Wildman–Crippen MR) is 152 cm³/mol. The van der Waals surface area contributed by atoms with E-state index in [-0.39, 0.29) is 5.91 Å². The van der Waals surface area contributed by atoms with Crippen LogP contribution in [0.25, 0.3) is 22.0 Å². The number of carbonyl (C=O) groups is 1. The smallest absolute Gasteiger partial charge is 0.247 e. The van der Waals surface area contributed by atoms with Crippen molar-refractivity contribution in [1.29, 1.82) is 0 Å². The Morgan fingerprint density at radius 2 is 1.89 bits per heavy atom. The summed E-state index contributed by atoms with van der Waals surface area (Å²) in [4.78, 5) is 21.4. The number of nitrogens with one attached hydrogen (secondary N) is 2. The molecular formula is C29H29ClN4O4. The van der Waals surface area contributed by atoms with Gasteiger partial charge in [0, 0.05) is 34.2 Å². The molecule has 9 heteroatoms. The molecule has 0 aliphatic heterocycles. The molecule has 0 atom stereocenters. The van der Waals surface area contributed by atoms with Crippen molar-refractivity contribution < 1.29 is 19.0 Å². The van der Waals surface area contributed by atoms with Crippen LogP contribution < -0.4 is 24.8 Å². The normalized spacial score (nSPS) is 10.7. The van der Waals surface area contributed by atoms with E-state index in [1.54, 1.807) is 26.5 Å². The van der Waals surface area contributed by atoms with E-state index in [1.165, 1.54) is 6.08 Å². The zero-order chi connectivity index (χ0) is 27.4. The third-order valence-electron chi connectivity index (χ3n) is 6.07. The van der Waals surface area contributed by atoms with Gasteiger partial charge in [-0.2, -0.15) is 0 Å². The van der Waals surface area contributed by atoms with E-state index in [0.717, 1.165) is 27.6 Å². The molecule has 4 aromatic rings. The first-order chi connectivity index (χ1) is 18.3. The summed E-state index contributed by atoms with van der Waals surface area (Å²) in [6, 6.07) is 11.1. The van der Waals surface area contributed by atoms with Gasteiger partial charge in [-0.05, 0) is 50.6 Å². The van der Waals surface area contributed by atoms with Gasteiger partial charge in [0.2, 0.25) is 11.8 Å². The van der Waals surface area contributed by atoms with Gasteiger partial charge in [-0.25, -0.2) is 9.97 Å². The fourth-order valence-corrected chi connectivity index (χ4v) is 4.55. The van der Waals surface area contributed by atoms with Crippen molar-refractivity contribution in [1.82, 2.24) is 9.97 Å². The summed E-state index contributed by atoms with van der Waals surface area (Å²) in [5.41, 5.74) is 4.40. The molecule has 0 unspecified atom stereocenters. The zero-order valence-corrected chi connectivity index (χ0v) is 22.7. The van der Waals surface area contributed by atoms with Gasteiger partial charge in [0.15, 0.2) is 0 Å². The molecular weight excluding hydrogens is 504 g/mol. The molecule has 2 heterocycles. The van der Waals surface area contributed by atoms with Gasteiger partial charge in [0.1, 0.15) is 17.3 Å². The van der Waals surface area contributed by atoms with Crippen LogP contribution in [-0.4, -0.2) is 36.7 Å². The van der Waals surface area contributed by atoms with E-state index >= 15 is 0 Å². The third-order valence-corrected chi connectivity index (χ3v) is 6.44. The third kappa shape index (κ3) is 5.21. The summed E-state index contributed by atoms with van der Waals surface area (Å²) < 4.78 is 17.0. The Kier molecular flexibility index (Phi) is 8.02. The number of nitrogens with zero attached hydrogens (tertiary/aromatic N) is 2. The van der Waals surface area contributed by atoms with Crippen LogP contribution >= 0.6 is 11.6 Å². The Morgan fingerprint density at radius 3 is 2.58 bits per heavy atom. The second-order valence-electron chi connectivity index (χ2n) is 8.45. The Morgan fingerprint density at radius 1 is 1.13 bits per heavy atom.